The summed E-state index contributed by atoms with van der Waals surface area (Å²) in [6, 6.07) is 7.94. The highest BCUT2D eigenvalue weighted by Gasteiger charge is 2.51. The van der Waals surface area contributed by atoms with Crippen molar-refractivity contribution in [1.82, 2.24) is 13.9 Å². The van der Waals surface area contributed by atoms with Gasteiger partial charge in [-0.15, -0.1) is 11.3 Å². The molecule has 0 unspecified atom stereocenters. The van der Waals surface area contributed by atoms with Crippen molar-refractivity contribution in [3.8, 4) is 0 Å². The quantitative estimate of drug-likeness (QED) is 0.432. The molecule has 2 aliphatic rings. The molecule has 0 amide bonds. The van der Waals surface area contributed by atoms with E-state index in [9.17, 15) is 35.1 Å². The third-order valence-electron chi connectivity index (χ3n) is 7.22. The van der Waals surface area contributed by atoms with E-state index in [1.165, 1.54) is 28.6 Å². The minimum absolute atomic E-state index is 0.115. The number of hydrogen-bond acceptors (Lipinski definition) is 9. The molecule has 0 saturated carbocycles. The number of halogens is 3. The van der Waals surface area contributed by atoms with Crippen molar-refractivity contribution < 1.29 is 39.9 Å². The van der Waals surface area contributed by atoms with Crippen molar-refractivity contribution in [2.24, 2.45) is 0 Å². The van der Waals surface area contributed by atoms with Gasteiger partial charge in [-0.05, 0) is 36.1 Å². The molecule has 2 N–H and O–H groups in total. The lowest BCUT2D eigenvalue weighted by atomic mass is 9.95. The second-order valence-corrected chi connectivity index (χ2v) is 15.0. The fourth-order valence-corrected chi connectivity index (χ4v) is 7.96. The maximum Gasteiger partial charge on any atom is 0.421 e. The number of morpholine rings is 1. The Morgan fingerprint density at radius 1 is 1.07 bits per heavy atom. The largest absolute Gasteiger partial charge is 0.421 e. The first-order chi connectivity index (χ1) is 18.6. The summed E-state index contributed by atoms with van der Waals surface area (Å²) in [7, 11) is -7.19. The lowest BCUT2D eigenvalue weighted by Gasteiger charge is -2.46. The van der Waals surface area contributed by atoms with Crippen LogP contribution in [-0.4, -0.2) is 108 Å². The molecule has 40 heavy (non-hydrogen) atoms. The number of ether oxygens (including phenoxy) is 1. The molecule has 2 saturated heterocycles. The number of aliphatic hydroxyl groups is 1. The van der Waals surface area contributed by atoms with E-state index in [4.69, 9.17) is 4.74 Å². The van der Waals surface area contributed by atoms with Crippen molar-refractivity contribution in [2.75, 3.05) is 63.6 Å². The highest BCUT2D eigenvalue weighted by molar-refractivity contribution is 7.91. The number of thiophene rings is 1. The maximum absolute atomic E-state index is 13.4. The third-order valence-corrected chi connectivity index (χ3v) is 11.2. The van der Waals surface area contributed by atoms with Crippen LogP contribution in [0, 0.1) is 0 Å². The smallest absolute Gasteiger partial charge is 0.378 e. The molecule has 16 heteroatoms. The van der Waals surface area contributed by atoms with Crippen molar-refractivity contribution in [3.63, 3.8) is 0 Å². The van der Waals surface area contributed by atoms with Crippen LogP contribution in [0.3, 0.4) is 0 Å². The highest BCUT2D eigenvalue weighted by atomic mass is 32.2. The topological polar surface area (TPSA) is 119 Å². The first-order valence-electron chi connectivity index (χ1n) is 12.6. The number of alkyl halides is 3. The lowest BCUT2D eigenvalue weighted by Crippen LogP contribution is -2.61. The van der Waals surface area contributed by atoms with Gasteiger partial charge >= 0.3 is 6.18 Å². The summed E-state index contributed by atoms with van der Waals surface area (Å²) >= 11 is 1.12. The maximum atomic E-state index is 13.4. The summed E-state index contributed by atoms with van der Waals surface area (Å²) in [5.74, 6) is 0. The van der Waals surface area contributed by atoms with Crippen molar-refractivity contribution in [2.45, 2.75) is 35.0 Å². The molecule has 3 atom stereocenters. The van der Waals surface area contributed by atoms with E-state index >= 15 is 0 Å². The van der Waals surface area contributed by atoms with Crippen LogP contribution in [0.15, 0.2) is 46.0 Å². The number of benzene rings is 1. The average molecular weight is 627 g/mol. The van der Waals surface area contributed by atoms with Crippen LogP contribution in [0.5, 0.6) is 0 Å². The molecule has 1 aromatic carbocycles. The Kier molecular flexibility index (Phi) is 9.22. The zero-order chi connectivity index (χ0) is 29.3. The third kappa shape index (κ3) is 6.98. The Bertz CT molecular complexity index is 1350. The van der Waals surface area contributed by atoms with Crippen LogP contribution >= 0.6 is 11.3 Å². The predicted molar refractivity (Wildman–Crippen MR) is 145 cm³/mol. The molecule has 2 fully saturated rings. The Morgan fingerprint density at radius 2 is 1.77 bits per heavy atom. The van der Waals surface area contributed by atoms with Crippen LogP contribution in [0.25, 0.3) is 0 Å². The number of piperazine rings is 1. The standard InChI is InChI=1S/C24H33F3N4O6S3/c1-23(32,24(25,26)27)18-5-7-19(8-6-18)31-10-9-30(40(35,36)22-4-3-13-38-22)16-21(31)15-29-11-12-37-17-20(29)14-28-39(2,33)34/h3-8,13,20-21,28,32H,9-12,14-17H2,1-2H3/t20-,21+,23-/m1/s1. The molecule has 10 nitrogen and oxygen atoms in total. The Hall–Kier alpha value is -1.79. The van der Waals surface area contributed by atoms with Gasteiger partial charge in [0.2, 0.25) is 10.0 Å². The van der Waals surface area contributed by atoms with Crippen molar-refractivity contribution in [3.05, 3.63) is 47.3 Å². The molecule has 0 aliphatic carbocycles. The number of nitrogens with one attached hydrogen (secondary N) is 1. The van der Waals surface area contributed by atoms with Crippen LogP contribution < -0.4 is 9.62 Å². The molecular weight excluding hydrogens is 593 g/mol. The van der Waals surface area contributed by atoms with Gasteiger partial charge in [0.1, 0.15) is 4.21 Å². The van der Waals surface area contributed by atoms with E-state index in [-0.39, 0.29) is 48.6 Å². The van der Waals surface area contributed by atoms with Crippen molar-refractivity contribution in [1.29, 1.82) is 0 Å². The molecule has 3 heterocycles. The van der Waals surface area contributed by atoms with Gasteiger partial charge in [-0.2, -0.15) is 17.5 Å². The molecule has 1 aromatic heterocycles. The average Bonchev–Trinajstić information content (AvgIpc) is 3.43. The first kappa shape index (κ1) is 31.2. The summed E-state index contributed by atoms with van der Waals surface area (Å²) in [6.45, 7) is 2.93. The van der Waals surface area contributed by atoms with Gasteiger partial charge < -0.3 is 14.7 Å². The van der Waals surface area contributed by atoms with E-state index in [0.29, 0.717) is 32.3 Å². The number of nitrogens with zero attached hydrogens (tertiary/aromatic N) is 3. The number of anilines is 1. The van der Waals surface area contributed by atoms with Gasteiger partial charge in [0.15, 0.2) is 5.60 Å². The molecule has 0 spiro atoms. The van der Waals surface area contributed by atoms with Crippen LogP contribution in [0.2, 0.25) is 0 Å². The van der Waals surface area contributed by atoms with Crippen LogP contribution in [0.4, 0.5) is 18.9 Å². The SMILES string of the molecule is C[C@@](O)(c1ccc(N2CCN(S(=O)(=O)c3cccs3)C[C@@H]2CN2CCOC[C@H]2CNS(C)(=O)=O)cc1)C(F)(F)F. The molecule has 2 aromatic rings. The molecule has 4 rings (SSSR count). The summed E-state index contributed by atoms with van der Waals surface area (Å²) < 4.78 is 99.8. The minimum atomic E-state index is -4.86. The fourth-order valence-electron chi connectivity index (χ4n) is 4.86. The molecular formula is C24H33F3N4O6S3. The van der Waals surface area contributed by atoms with E-state index < -0.39 is 37.9 Å². The van der Waals surface area contributed by atoms with Gasteiger partial charge in [0, 0.05) is 51.0 Å². The van der Waals surface area contributed by atoms with Gasteiger partial charge in [-0.25, -0.2) is 21.6 Å². The molecule has 224 valence electrons. The normalized spacial score (nSPS) is 23.7. The van der Waals surface area contributed by atoms with Gasteiger partial charge in [-0.1, -0.05) is 18.2 Å². The second-order valence-electron chi connectivity index (χ2n) is 10.1. The fraction of sp³-hybridized carbons (Fsp3) is 0.583. The monoisotopic (exact) mass is 626 g/mol. The van der Waals surface area contributed by atoms with Crippen molar-refractivity contribution >= 4 is 37.1 Å². The Morgan fingerprint density at radius 3 is 2.38 bits per heavy atom. The summed E-state index contributed by atoms with van der Waals surface area (Å²) in [5, 5.41) is 11.8. The highest BCUT2D eigenvalue weighted by Crippen LogP contribution is 2.39. The zero-order valence-corrected chi connectivity index (χ0v) is 24.5. The van der Waals surface area contributed by atoms with Gasteiger partial charge in [0.25, 0.3) is 10.0 Å². The van der Waals surface area contributed by atoms with Crippen LogP contribution in [0.1, 0.15) is 12.5 Å². The molecule has 2 aliphatic heterocycles. The van der Waals surface area contributed by atoms with Gasteiger partial charge in [-0.3, -0.25) is 4.90 Å². The van der Waals surface area contributed by atoms with E-state index in [2.05, 4.69) is 4.72 Å². The van der Waals surface area contributed by atoms with Gasteiger partial charge in [0.05, 0.1) is 25.5 Å². The summed E-state index contributed by atoms with van der Waals surface area (Å²) in [6.07, 6.45) is -3.79. The van der Waals surface area contributed by atoms with E-state index in [1.54, 1.807) is 17.5 Å². The number of hydrogen-bond donors (Lipinski definition) is 2. The first-order valence-corrected chi connectivity index (χ1v) is 16.8. The predicted octanol–water partition coefficient (Wildman–Crippen LogP) is 1.65. The molecule has 0 bridgehead atoms. The Labute approximate surface area is 236 Å². The zero-order valence-electron chi connectivity index (χ0n) is 22.0. The minimum Gasteiger partial charge on any atom is -0.378 e. The molecule has 0 radical (unpaired) electrons. The Balaban J connectivity index is 1.61. The lowest BCUT2D eigenvalue weighted by molar-refractivity contribution is -0.258. The second kappa shape index (κ2) is 11.8. The summed E-state index contributed by atoms with van der Waals surface area (Å²) in [5.41, 5.74) is -2.75. The number of rotatable bonds is 9. The van der Waals surface area contributed by atoms with E-state index in [1.807, 2.05) is 9.80 Å². The van der Waals surface area contributed by atoms with Crippen LogP contribution in [-0.2, 0) is 30.4 Å². The summed E-state index contributed by atoms with van der Waals surface area (Å²) in [4.78, 5) is 3.99. The number of sulfonamides is 2. The van der Waals surface area contributed by atoms with E-state index in [0.717, 1.165) is 17.6 Å².